The highest BCUT2D eigenvalue weighted by atomic mass is 32.2. The van der Waals surface area contributed by atoms with Crippen molar-refractivity contribution in [1.82, 2.24) is 14.9 Å². The molecule has 0 spiro atoms. The zero-order valence-electron chi connectivity index (χ0n) is 13.9. The minimum Gasteiger partial charge on any atom is -0.341 e. The van der Waals surface area contributed by atoms with Crippen molar-refractivity contribution in [2.24, 2.45) is 11.8 Å². The molecule has 0 aromatic carbocycles. The molecular weight excluding hydrogens is 304 g/mol. The Kier molecular flexibility index (Phi) is 5.04. The molecule has 0 bridgehead atoms. The number of piperidine rings is 1. The van der Waals surface area contributed by atoms with Gasteiger partial charge in [-0.25, -0.2) is 9.97 Å². The molecule has 23 heavy (non-hydrogen) atoms. The van der Waals surface area contributed by atoms with Crippen LogP contribution in [0, 0.1) is 11.8 Å². The standard InChI is InChI=1S/C18H28N4S/c1-7-19-18(20-8-1)21-9-2-15(3-10-21)16-4-11-22(14-16)17-5-12-23-13-6-17/h1,7-8,15-17H,2-6,9-14H2. The predicted octanol–water partition coefficient (Wildman–Crippen LogP) is 2.91. The molecule has 0 radical (unpaired) electrons. The van der Waals surface area contributed by atoms with Crippen molar-refractivity contribution in [1.29, 1.82) is 0 Å². The van der Waals surface area contributed by atoms with Crippen LogP contribution < -0.4 is 4.90 Å². The van der Waals surface area contributed by atoms with Gasteiger partial charge >= 0.3 is 0 Å². The minimum absolute atomic E-state index is 0.888. The summed E-state index contributed by atoms with van der Waals surface area (Å²) in [5.74, 6) is 5.52. The Labute approximate surface area is 144 Å². The first-order valence-electron chi connectivity index (χ1n) is 9.24. The summed E-state index contributed by atoms with van der Waals surface area (Å²) in [5, 5.41) is 0. The molecule has 0 aliphatic carbocycles. The Hall–Kier alpha value is -0.810. The van der Waals surface area contributed by atoms with E-state index < -0.39 is 0 Å². The number of rotatable bonds is 3. The van der Waals surface area contributed by atoms with Crippen molar-refractivity contribution in [3.63, 3.8) is 0 Å². The molecule has 3 fully saturated rings. The smallest absolute Gasteiger partial charge is 0.225 e. The van der Waals surface area contributed by atoms with E-state index in [0.717, 1.165) is 36.9 Å². The zero-order chi connectivity index (χ0) is 15.5. The number of aromatic nitrogens is 2. The van der Waals surface area contributed by atoms with Gasteiger partial charge in [-0.15, -0.1) is 0 Å². The molecule has 1 aromatic heterocycles. The molecule has 3 aliphatic rings. The van der Waals surface area contributed by atoms with Crippen LogP contribution >= 0.6 is 11.8 Å². The van der Waals surface area contributed by atoms with E-state index in [9.17, 15) is 0 Å². The molecule has 5 heteroatoms. The molecule has 1 unspecified atom stereocenters. The van der Waals surface area contributed by atoms with Crippen molar-refractivity contribution < 1.29 is 0 Å². The van der Waals surface area contributed by atoms with E-state index in [2.05, 4.69) is 31.5 Å². The number of anilines is 1. The highest BCUT2D eigenvalue weighted by Crippen LogP contribution is 2.35. The summed E-state index contributed by atoms with van der Waals surface area (Å²) in [6.07, 6.45) is 10.6. The van der Waals surface area contributed by atoms with Crippen molar-refractivity contribution in [3.05, 3.63) is 18.5 Å². The molecule has 0 saturated carbocycles. The second-order valence-electron chi connectivity index (χ2n) is 7.26. The third kappa shape index (κ3) is 3.66. The molecule has 1 aromatic rings. The van der Waals surface area contributed by atoms with E-state index in [1.54, 1.807) is 0 Å². The van der Waals surface area contributed by atoms with Gasteiger partial charge in [0.25, 0.3) is 0 Å². The van der Waals surface area contributed by atoms with E-state index in [1.165, 1.54) is 56.7 Å². The first-order chi connectivity index (χ1) is 11.4. The van der Waals surface area contributed by atoms with Gasteiger partial charge in [-0.2, -0.15) is 11.8 Å². The fraction of sp³-hybridized carbons (Fsp3) is 0.778. The Bertz CT molecular complexity index is 483. The van der Waals surface area contributed by atoms with Gasteiger partial charge in [-0.1, -0.05) is 0 Å². The molecule has 126 valence electrons. The van der Waals surface area contributed by atoms with E-state index in [0.29, 0.717) is 0 Å². The normalized spacial score (nSPS) is 28.3. The monoisotopic (exact) mass is 332 g/mol. The Balaban J connectivity index is 1.28. The molecular formula is C18H28N4S. The third-order valence-electron chi connectivity index (χ3n) is 6.00. The minimum atomic E-state index is 0.888. The van der Waals surface area contributed by atoms with Crippen LogP contribution in [0.4, 0.5) is 5.95 Å². The molecule has 0 amide bonds. The number of hydrogen-bond donors (Lipinski definition) is 0. The summed E-state index contributed by atoms with van der Waals surface area (Å²) in [7, 11) is 0. The lowest BCUT2D eigenvalue weighted by Gasteiger charge is -2.35. The Morgan fingerprint density at radius 1 is 0.870 bits per heavy atom. The average molecular weight is 333 g/mol. The van der Waals surface area contributed by atoms with Gasteiger partial charge < -0.3 is 9.80 Å². The van der Waals surface area contributed by atoms with Crippen molar-refractivity contribution >= 4 is 17.7 Å². The Morgan fingerprint density at radius 2 is 1.57 bits per heavy atom. The number of nitrogens with zero attached hydrogens (tertiary/aromatic N) is 4. The van der Waals surface area contributed by atoms with Gasteiger partial charge in [0.2, 0.25) is 5.95 Å². The maximum Gasteiger partial charge on any atom is 0.225 e. The van der Waals surface area contributed by atoms with E-state index >= 15 is 0 Å². The first-order valence-corrected chi connectivity index (χ1v) is 10.4. The third-order valence-corrected chi connectivity index (χ3v) is 7.05. The average Bonchev–Trinajstić information content (AvgIpc) is 3.14. The van der Waals surface area contributed by atoms with Gasteiger partial charge in [0.05, 0.1) is 0 Å². The highest BCUT2D eigenvalue weighted by Gasteiger charge is 2.35. The zero-order valence-corrected chi connectivity index (χ0v) is 14.8. The molecule has 3 aliphatic heterocycles. The maximum absolute atomic E-state index is 4.40. The van der Waals surface area contributed by atoms with Crippen LogP contribution in [0.3, 0.4) is 0 Å². The number of likely N-dealkylation sites (tertiary alicyclic amines) is 1. The lowest BCUT2D eigenvalue weighted by molar-refractivity contribution is 0.200. The lowest BCUT2D eigenvalue weighted by Crippen LogP contribution is -2.39. The molecule has 1 atom stereocenters. The molecule has 4 nitrogen and oxygen atoms in total. The number of thioether (sulfide) groups is 1. The van der Waals surface area contributed by atoms with Crippen LogP contribution in [0.25, 0.3) is 0 Å². The van der Waals surface area contributed by atoms with E-state index in [1.807, 2.05) is 18.5 Å². The number of hydrogen-bond acceptors (Lipinski definition) is 5. The Morgan fingerprint density at radius 3 is 2.30 bits per heavy atom. The van der Waals surface area contributed by atoms with Gasteiger partial charge in [0.15, 0.2) is 0 Å². The molecule has 4 rings (SSSR count). The molecule has 3 saturated heterocycles. The topological polar surface area (TPSA) is 32.3 Å². The SMILES string of the molecule is c1cnc(N2CCC(C3CCN(C4CCSCC4)C3)CC2)nc1. The van der Waals surface area contributed by atoms with Crippen LogP contribution in [0.1, 0.15) is 32.1 Å². The molecule has 4 heterocycles. The fourth-order valence-electron chi connectivity index (χ4n) is 4.61. The summed E-state index contributed by atoms with van der Waals surface area (Å²) in [6.45, 7) is 4.97. The summed E-state index contributed by atoms with van der Waals surface area (Å²) >= 11 is 2.14. The predicted molar refractivity (Wildman–Crippen MR) is 97.0 cm³/mol. The summed E-state index contributed by atoms with van der Waals surface area (Å²) in [6, 6.07) is 2.78. The van der Waals surface area contributed by atoms with Crippen molar-refractivity contribution in [2.45, 2.75) is 38.1 Å². The van der Waals surface area contributed by atoms with Gasteiger partial charge in [0, 0.05) is 38.1 Å². The van der Waals surface area contributed by atoms with Crippen LogP contribution in [0.5, 0.6) is 0 Å². The highest BCUT2D eigenvalue weighted by molar-refractivity contribution is 7.99. The van der Waals surface area contributed by atoms with Crippen molar-refractivity contribution in [2.75, 3.05) is 42.6 Å². The van der Waals surface area contributed by atoms with Crippen molar-refractivity contribution in [3.8, 4) is 0 Å². The van der Waals surface area contributed by atoms with Crippen LogP contribution in [-0.4, -0.2) is 58.6 Å². The fourth-order valence-corrected chi connectivity index (χ4v) is 5.69. The lowest BCUT2D eigenvalue weighted by atomic mass is 9.84. The van der Waals surface area contributed by atoms with Crippen LogP contribution in [-0.2, 0) is 0 Å². The second kappa shape index (κ2) is 7.39. The van der Waals surface area contributed by atoms with Gasteiger partial charge in [-0.05, 0) is 68.1 Å². The quantitative estimate of drug-likeness (QED) is 0.850. The van der Waals surface area contributed by atoms with Crippen LogP contribution in [0.2, 0.25) is 0 Å². The molecule has 0 N–H and O–H groups in total. The van der Waals surface area contributed by atoms with Gasteiger partial charge in [0.1, 0.15) is 0 Å². The largest absolute Gasteiger partial charge is 0.341 e. The van der Waals surface area contributed by atoms with E-state index in [4.69, 9.17) is 0 Å². The van der Waals surface area contributed by atoms with E-state index in [-0.39, 0.29) is 0 Å². The maximum atomic E-state index is 4.40. The van der Waals surface area contributed by atoms with Crippen LogP contribution in [0.15, 0.2) is 18.5 Å². The summed E-state index contributed by atoms with van der Waals surface area (Å²) in [4.78, 5) is 14.0. The second-order valence-corrected chi connectivity index (χ2v) is 8.49. The summed E-state index contributed by atoms with van der Waals surface area (Å²) < 4.78 is 0. The summed E-state index contributed by atoms with van der Waals surface area (Å²) in [5.41, 5.74) is 0. The first kappa shape index (κ1) is 15.7. The van der Waals surface area contributed by atoms with Gasteiger partial charge in [-0.3, -0.25) is 0 Å².